The Bertz CT molecular complexity index is 267. The van der Waals surface area contributed by atoms with Crippen molar-refractivity contribution in [2.24, 2.45) is 23.7 Å². The molecule has 0 amide bonds. The summed E-state index contributed by atoms with van der Waals surface area (Å²) in [5.74, 6) is 3.92. The van der Waals surface area contributed by atoms with Crippen molar-refractivity contribution in [1.82, 2.24) is 0 Å². The van der Waals surface area contributed by atoms with Gasteiger partial charge in [-0.3, -0.25) is 0 Å². The average Bonchev–Trinajstić information content (AvgIpc) is 2.49. The molecule has 0 N–H and O–H groups in total. The van der Waals surface area contributed by atoms with E-state index in [0.29, 0.717) is 0 Å². The Hall–Kier alpha value is -0.330. The topological polar surface area (TPSA) is 0 Å². The van der Waals surface area contributed by atoms with Crippen molar-refractivity contribution in [3.63, 3.8) is 0 Å². The van der Waals surface area contributed by atoms with E-state index in [9.17, 15) is 4.39 Å². The number of alkyl halides is 1. The lowest BCUT2D eigenvalue weighted by Gasteiger charge is -2.37. The summed E-state index contributed by atoms with van der Waals surface area (Å²) < 4.78 is 12.1. The number of halogens is 1. The highest BCUT2D eigenvalue weighted by molar-refractivity contribution is 4.87. The molecule has 0 spiro atoms. The van der Waals surface area contributed by atoms with Crippen LogP contribution in [-0.2, 0) is 0 Å². The van der Waals surface area contributed by atoms with Crippen LogP contribution >= 0.6 is 0 Å². The van der Waals surface area contributed by atoms with Crippen molar-refractivity contribution in [3.8, 4) is 0 Å². The van der Waals surface area contributed by atoms with Gasteiger partial charge in [-0.2, -0.15) is 0 Å². The molecule has 0 aliphatic heterocycles. The maximum Gasteiger partial charge on any atom is 0.108 e. The molecular weight excluding hydrogens is 247 g/mol. The Balaban J connectivity index is 1.65. The van der Waals surface area contributed by atoms with E-state index in [0.717, 1.165) is 30.1 Å². The summed E-state index contributed by atoms with van der Waals surface area (Å²) in [5, 5.41) is 0. The lowest BCUT2D eigenvalue weighted by atomic mass is 9.68. The van der Waals surface area contributed by atoms with Crippen LogP contribution in [0, 0.1) is 23.7 Å². The molecule has 0 radical (unpaired) electrons. The molecule has 0 bridgehead atoms. The van der Waals surface area contributed by atoms with Gasteiger partial charge in [0, 0.05) is 0 Å². The van der Waals surface area contributed by atoms with E-state index in [2.05, 4.69) is 13.0 Å². The van der Waals surface area contributed by atoms with Crippen molar-refractivity contribution in [2.75, 3.05) is 6.67 Å². The third kappa shape index (κ3) is 4.90. The van der Waals surface area contributed by atoms with Gasteiger partial charge in [0.25, 0.3) is 0 Å². The second kappa shape index (κ2) is 8.85. The largest absolute Gasteiger partial charge is 0.247 e. The Morgan fingerprint density at radius 3 is 1.85 bits per heavy atom. The smallest absolute Gasteiger partial charge is 0.108 e. The van der Waals surface area contributed by atoms with Crippen LogP contribution in [-0.4, -0.2) is 6.67 Å². The molecule has 2 saturated carbocycles. The molecule has 0 unspecified atom stereocenters. The molecule has 0 aromatic rings. The van der Waals surface area contributed by atoms with Crippen LogP contribution < -0.4 is 0 Å². The summed E-state index contributed by atoms with van der Waals surface area (Å²) in [6.45, 7) is 2.03. The molecule has 2 aliphatic rings. The Morgan fingerprint density at radius 2 is 1.35 bits per heavy atom. The van der Waals surface area contributed by atoms with Gasteiger partial charge in [-0.1, -0.05) is 44.8 Å². The number of rotatable bonds is 6. The van der Waals surface area contributed by atoms with Crippen molar-refractivity contribution in [2.45, 2.75) is 77.6 Å². The molecule has 116 valence electrons. The molecule has 0 nitrogen and oxygen atoms in total. The highest BCUT2D eigenvalue weighted by Crippen LogP contribution is 2.42. The molecule has 2 rings (SSSR count). The van der Waals surface area contributed by atoms with Crippen LogP contribution in [0.1, 0.15) is 77.6 Å². The fourth-order valence-electron chi connectivity index (χ4n) is 4.60. The van der Waals surface area contributed by atoms with Crippen LogP contribution in [0.3, 0.4) is 0 Å². The van der Waals surface area contributed by atoms with Crippen LogP contribution in [0.5, 0.6) is 0 Å². The molecular formula is C19H33F. The third-order valence-electron chi connectivity index (χ3n) is 5.87. The first kappa shape index (κ1) is 16.0. The van der Waals surface area contributed by atoms with E-state index in [1.165, 1.54) is 64.2 Å². The molecule has 20 heavy (non-hydrogen) atoms. The Labute approximate surface area is 125 Å². The quantitative estimate of drug-likeness (QED) is 0.500. The number of allylic oxidation sites excluding steroid dienone is 2. The first-order chi connectivity index (χ1) is 9.83. The van der Waals surface area contributed by atoms with Gasteiger partial charge in [0.15, 0.2) is 0 Å². The van der Waals surface area contributed by atoms with E-state index in [1.807, 2.05) is 0 Å². The maximum atomic E-state index is 12.1. The second-order valence-corrected chi connectivity index (χ2v) is 7.21. The van der Waals surface area contributed by atoms with Crippen molar-refractivity contribution in [3.05, 3.63) is 12.2 Å². The van der Waals surface area contributed by atoms with Gasteiger partial charge >= 0.3 is 0 Å². The second-order valence-electron chi connectivity index (χ2n) is 7.21. The van der Waals surface area contributed by atoms with Gasteiger partial charge in [0.1, 0.15) is 6.67 Å². The van der Waals surface area contributed by atoms with Crippen LogP contribution in [0.15, 0.2) is 12.2 Å². The SMILES string of the molecule is CCCC1CCC(C2CCC(C/C=C/CF)CC2)CC1. The first-order valence-electron chi connectivity index (χ1n) is 9.04. The van der Waals surface area contributed by atoms with Crippen LogP contribution in [0.25, 0.3) is 0 Å². The average molecular weight is 280 g/mol. The molecule has 0 heterocycles. The monoisotopic (exact) mass is 280 g/mol. The molecule has 1 heteroatoms. The third-order valence-corrected chi connectivity index (χ3v) is 5.87. The zero-order valence-electron chi connectivity index (χ0n) is 13.3. The highest BCUT2D eigenvalue weighted by Gasteiger charge is 2.30. The predicted octanol–water partition coefficient (Wildman–Crippen LogP) is 6.32. The highest BCUT2D eigenvalue weighted by atomic mass is 19.1. The molecule has 2 aliphatic carbocycles. The van der Waals surface area contributed by atoms with Gasteiger partial charge in [0.05, 0.1) is 0 Å². The van der Waals surface area contributed by atoms with Gasteiger partial charge in [-0.15, -0.1) is 0 Å². The fraction of sp³-hybridized carbons (Fsp3) is 0.895. The first-order valence-corrected chi connectivity index (χ1v) is 9.04. The normalized spacial score (nSPS) is 35.5. The van der Waals surface area contributed by atoms with Crippen molar-refractivity contribution >= 4 is 0 Å². The fourth-order valence-corrected chi connectivity index (χ4v) is 4.60. The molecule has 0 saturated heterocycles. The van der Waals surface area contributed by atoms with Gasteiger partial charge < -0.3 is 0 Å². The zero-order valence-corrected chi connectivity index (χ0v) is 13.3. The van der Waals surface area contributed by atoms with Gasteiger partial charge in [-0.25, -0.2) is 4.39 Å². The summed E-state index contributed by atoms with van der Waals surface area (Å²) in [6, 6.07) is 0. The summed E-state index contributed by atoms with van der Waals surface area (Å²) in [5.41, 5.74) is 0. The molecule has 0 aromatic heterocycles. The Kier molecular flexibility index (Phi) is 7.10. The van der Waals surface area contributed by atoms with E-state index in [4.69, 9.17) is 0 Å². The predicted molar refractivity (Wildman–Crippen MR) is 85.5 cm³/mol. The van der Waals surface area contributed by atoms with E-state index in [-0.39, 0.29) is 6.67 Å². The minimum absolute atomic E-state index is 0.295. The summed E-state index contributed by atoms with van der Waals surface area (Å²) >= 11 is 0. The van der Waals surface area contributed by atoms with Crippen molar-refractivity contribution < 1.29 is 4.39 Å². The van der Waals surface area contributed by atoms with Crippen LogP contribution in [0.2, 0.25) is 0 Å². The lowest BCUT2D eigenvalue weighted by Crippen LogP contribution is -2.25. The van der Waals surface area contributed by atoms with E-state index >= 15 is 0 Å². The Morgan fingerprint density at radius 1 is 0.800 bits per heavy atom. The number of hydrogen-bond donors (Lipinski definition) is 0. The minimum Gasteiger partial charge on any atom is -0.247 e. The molecule has 0 aromatic carbocycles. The van der Waals surface area contributed by atoms with Gasteiger partial charge in [0.2, 0.25) is 0 Å². The van der Waals surface area contributed by atoms with Crippen molar-refractivity contribution in [1.29, 1.82) is 0 Å². The minimum atomic E-state index is -0.295. The summed E-state index contributed by atoms with van der Waals surface area (Å²) in [4.78, 5) is 0. The standard InChI is InChI=1S/C19H33F/c1-2-5-16-7-11-18(12-8-16)19-13-9-17(10-14-19)6-3-4-15-20/h3-4,16-19H,2,5-15H2,1H3/b4-3+. The van der Waals surface area contributed by atoms with Gasteiger partial charge in [-0.05, 0) is 68.6 Å². The van der Waals surface area contributed by atoms with Crippen LogP contribution in [0.4, 0.5) is 4.39 Å². The van der Waals surface area contributed by atoms with E-state index < -0.39 is 0 Å². The van der Waals surface area contributed by atoms with E-state index in [1.54, 1.807) is 6.08 Å². The summed E-state index contributed by atoms with van der Waals surface area (Å²) in [6.07, 6.45) is 19.3. The maximum absolute atomic E-state index is 12.1. The lowest BCUT2D eigenvalue weighted by molar-refractivity contribution is 0.144. The molecule has 0 atom stereocenters. The molecule has 2 fully saturated rings. The number of hydrogen-bond acceptors (Lipinski definition) is 0. The summed E-state index contributed by atoms with van der Waals surface area (Å²) in [7, 11) is 0. The zero-order chi connectivity index (χ0) is 14.2.